The number of ether oxygens (including phenoxy) is 2. The molecule has 0 N–H and O–H groups in total. The molecular weight excluding hydrogens is 224 g/mol. The van der Waals surface area contributed by atoms with Crippen LogP contribution in [0.15, 0.2) is 28.1 Å². The molecular formula is C12H12O5. The molecule has 1 aliphatic rings. The number of hydrogen-bond acceptors (Lipinski definition) is 5. The van der Waals surface area contributed by atoms with Crippen LogP contribution < -0.4 is 0 Å². The number of methoxy groups -OCH3 is 2. The Morgan fingerprint density at radius 2 is 1.41 bits per heavy atom. The van der Waals surface area contributed by atoms with Gasteiger partial charge in [0.25, 0.3) is 0 Å². The second-order valence-corrected chi connectivity index (χ2v) is 3.72. The third-order valence-corrected chi connectivity index (χ3v) is 2.80. The van der Waals surface area contributed by atoms with Crippen LogP contribution in [0.5, 0.6) is 0 Å². The van der Waals surface area contributed by atoms with Gasteiger partial charge >= 0.3 is 11.9 Å². The molecule has 0 bridgehead atoms. The van der Waals surface area contributed by atoms with Crippen molar-refractivity contribution in [1.82, 2.24) is 0 Å². The van der Waals surface area contributed by atoms with Crippen LogP contribution in [0, 0.1) is 0 Å². The Morgan fingerprint density at radius 3 is 1.76 bits per heavy atom. The Labute approximate surface area is 98.0 Å². The van der Waals surface area contributed by atoms with Crippen LogP contribution in [-0.4, -0.2) is 26.2 Å². The van der Waals surface area contributed by atoms with Crippen LogP contribution >= 0.6 is 0 Å². The minimum Gasteiger partial charge on any atom is -0.472 e. The highest BCUT2D eigenvalue weighted by atomic mass is 16.5. The van der Waals surface area contributed by atoms with Gasteiger partial charge in [-0.1, -0.05) is 0 Å². The molecule has 0 spiro atoms. The van der Waals surface area contributed by atoms with Crippen molar-refractivity contribution in [2.75, 3.05) is 14.2 Å². The van der Waals surface area contributed by atoms with E-state index < -0.39 is 11.9 Å². The number of furan rings is 1. The van der Waals surface area contributed by atoms with E-state index in [0.717, 1.165) is 11.1 Å². The summed E-state index contributed by atoms with van der Waals surface area (Å²) in [5.41, 5.74) is 2.48. The van der Waals surface area contributed by atoms with Gasteiger partial charge in [0.1, 0.15) is 0 Å². The Kier molecular flexibility index (Phi) is 2.99. The lowest BCUT2D eigenvalue weighted by molar-refractivity contribution is -0.139. The zero-order valence-corrected chi connectivity index (χ0v) is 9.61. The summed E-state index contributed by atoms with van der Waals surface area (Å²) >= 11 is 0. The van der Waals surface area contributed by atoms with Crippen LogP contribution in [0.2, 0.25) is 0 Å². The number of fused-ring (bicyclic) bond motifs is 1. The summed E-state index contributed by atoms with van der Waals surface area (Å²) in [6.45, 7) is 0. The van der Waals surface area contributed by atoms with Gasteiger partial charge in [-0.15, -0.1) is 0 Å². The van der Waals surface area contributed by atoms with E-state index in [-0.39, 0.29) is 0 Å². The van der Waals surface area contributed by atoms with E-state index in [4.69, 9.17) is 4.42 Å². The lowest BCUT2D eigenvalue weighted by atomic mass is 9.88. The third kappa shape index (κ3) is 1.95. The Hall–Kier alpha value is -2.04. The van der Waals surface area contributed by atoms with E-state index in [1.165, 1.54) is 14.2 Å². The zero-order chi connectivity index (χ0) is 12.4. The van der Waals surface area contributed by atoms with Gasteiger partial charge in [-0.3, -0.25) is 0 Å². The molecule has 0 aromatic carbocycles. The van der Waals surface area contributed by atoms with Crippen molar-refractivity contribution >= 4 is 11.9 Å². The highest BCUT2D eigenvalue weighted by Crippen LogP contribution is 2.28. The van der Waals surface area contributed by atoms with Crippen molar-refractivity contribution in [2.45, 2.75) is 12.8 Å². The standard InChI is InChI=1S/C12H12O5/c1-15-11(13)9-3-7-5-17-6-8(7)4-10(9)12(14)16-2/h5-6H,3-4H2,1-2H3. The quantitative estimate of drug-likeness (QED) is 0.717. The lowest BCUT2D eigenvalue weighted by Crippen LogP contribution is -2.21. The summed E-state index contributed by atoms with van der Waals surface area (Å²) < 4.78 is 14.4. The lowest BCUT2D eigenvalue weighted by Gasteiger charge is -2.16. The number of carbonyl (C=O) groups excluding carboxylic acids is 2. The Bertz CT molecular complexity index is 452. The Balaban J connectivity index is 2.42. The molecule has 1 heterocycles. The molecule has 5 heteroatoms. The largest absolute Gasteiger partial charge is 0.472 e. The van der Waals surface area contributed by atoms with E-state index >= 15 is 0 Å². The first-order valence-corrected chi connectivity index (χ1v) is 5.10. The summed E-state index contributed by atoms with van der Waals surface area (Å²) in [6, 6.07) is 0. The molecule has 0 atom stereocenters. The predicted molar refractivity (Wildman–Crippen MR) is 57.2 cm³/mol. The van der Waals surface area contributed by atoms with Crippen LogP contribution in [0.4, 0.5) is 0 Å². The van der Waals surface area contributed by atoms with E-state index in [0.29, 0.717) is 24.0 Å². The predicted octanol–water partition coefficient (Wildman–Crippen LogP) is 1.02. The second kappa shape index (κ2) is 4.45. The van der Waals surface area contributed by atoms with Gasteiger partial charge in [-0.2, -0.15) is 0 Å². The van der Waals surface area contributed by atoms with E-state index in [9.17, 15) is 9.59 Å². The summed E-state index contributed by atoms with van der Waals surface area (Å²) in [4.78, 5) is 23.2. The van der Waals surface area contributed by atoms with Crippen LogP contribution in [0.3, 0.4) is 0 Å². The highest BCUT2D eigenvalue weighted by Gasteiger charge is 2.29. The van der Waals surface area contributed by atoms with Gasteiger partial charge in [-0.05, 0) is 11.1 Å². The molecule has 0 saturated carbocycles. The maximum atomic E-state index is 11.6. The minimum atomic E-state index is -0.503. The average molecular weight is 236 g/mol. The van der Waals surface area contributed by atoms with E-state index in [1.54, 1.807) is 12.5 Å². The fourth-order valence-electron chi connectivity index (χ4n) is 1.89. The fourth-order valence-corrected chi connectivity index (χ4v) is 1.89. The number of hydrogen-bond donors (Lipinski definition) is 0. The molecule has 0 fully saturated rings. The van der Waals surface area contributed by atoms with Crippen molar-refractivity contribution in [1.29, 1.82) is 0 Å². The number of carbonyl (C=O) groups is 2. The molecule has 2 rings (SSSR count). The van der Waals surface area contributed by atoms with Gasteiger partial charge in [-0.25, -0.2) is 9.59 Å². The van der Waals surface area contributed by atoms with Crippen molar-refractivity contribution in [2.24, 2.45) is 0 Å². The maximum absolute atomic E-state index is 11.6. The van der Waals surface area contributed by atoms with Crippen molar-refractivity contribution in [3.63, 3.8) is 0 Å². The normalized spacial score (nSPS) is 14.2. The molecule has 90 valence electrons. The summed E-state index contributed by atoms with van der Waals surface area (Å²) in [6.07, 6.45) is 3.82. The van der Waals surface area contributed by atoms with Crippen LogP contribution in [0.25, 0.3) is 0 Å². The minimum absolute atomic E-state index is 0.336. The maximum Gasteiger partial charge on any atom is 0.334 e. The SMILES string of the molecule is COC(=O)C1=C(C(=O)OC)Cc2cocc2C1. The third-order valence-electron chi connectivity index (χ3n) is 2.80. The van der Waals surface area contributed by atoms with Gasteiger partial charge in [0.15, 0.2) is 0 Å². The molecule has 1 aromatic rings. The van der Waals surface area contributed by atoms with Crippen molar-refractivity contribution in [3.05, 3.63) is 34.8 Å². The average Bonchev–Trinajstić information content (AvgIpc) is 2.82. The molecule has 1 aliphatic carbocycles. The highest BCUT2D eigenvalue weighted by molar-refractivity contribution is 6.01. The van der Waals surface area contributed by atoms with Gasteiger partial charge in [0, 0.05) is 12.8 Å². The summed E-state index contributed by atoms with van der Waals surface area (Å²) in [5.74, 6) is -1.01. The zero-order valence-electron chi connectivity index (χ0n) is 9.61. The van der Waals surface area contributed by atoms with Crippen LogP contribution in [-0.2, 0) is 31.9 Å². The molecule has 17 heavy (non-hydrogen) atoms. The molecule has 1 aromatic heterocycles. The Morgan fingerprint density at radius 1 is 1.00 bits per heavy atom. The molecule has 0 radical (unpaired) electrons. The van der Waals surface area contributed by atoms with E-state index in [1.807, 2.05) is 0 Å². The summed E-state index contributed by atoms with van der Waals surface area (Å²) in [7, 11) is 2.57. The van der Waals surface area contributed by atoms with Gasteiger partial charge in [0.05, 0.1) is 37.9 Å². The number of rotatable bonds is 2. The van der Waals surface area contributed by atoms with Gasteiger partial charge in [0.2, 0.25) is 0 Å². The molecule has 0 amide bonds. The second-order valence-electron chi connectivity index (χ2n) is 3.72. The molecule has 0 unspecified atom stereocenters. The summed E-state index contributed by atoms with van der Waals surface area (Å²) in [5, 5.41) is 0. The van der Waals surface area contributed by atoms with Crippen molar-refractivity contribution < 1.29 is 23.5 Å². The van der Waals surface area contributed by atoms with Crippen LogP contribution in [0.1, 0.15) is 11.1 Å². The topological polar surface area (TPSA) is 65.7 Å². The first-order chi connectivity index (χ1) is 8.17. The number of esters is 2. The smallest absolute Gasteiger partial charge is 0.334 e. The van der Waals surface area contributed by atoms with Gasteiger partial charge < -0.3 is 13.9 Å². The first kappa shape index (κ1) is 11.4. The molecule has 5 nitrogen and oxygen atoms in total. The first-order valence-electron chi connectivity index (χ1n) is 5.10. The van der Waals surface area contributed by atoms with Crippen molar-refractivity contribution in [3.8, 4) is 0 Å². The monoisotopic (exact) mass is 236 g/mol. The molecule has 0 aliphatic heterocycles. The molecule has 0 saturated heterocycles. The van der Waals surface area contributed by atoms with E-state index in [2.05, 4.69) is 9.47 Å². The fraction of sp³-hybridized carbons (Fsp3) is 0.333.